The first kappa shape index (κ1) is 9.03. The SMILES string of the molecule is CC1CC(O)(C2=COCC2)CN1C. The van der Waals surface area contributed by atoms with Gasteiger partial charge in [-0.05, 0) is 20.4 Å². The molecule has 0 radical (unpaired) electrons. The van der Waals surface area contributed by atoms with Crippen LogP contribution < -0.4 is 0 Å². The Balaban J connectivity index is 2.13. The molecular weight excluding hydrogens is 166 g/mol. The van der Waals surface area contributed by atoms with Gasteiger partial charge in [0.05, 0.1) is 12.9 Å². The average molecular weight is 183 g/mol. The number of β-amino-alcohol motifs (C(OH)–C–C–N with tert-alkyl or cyclic N) is 1. The molecule has 2 atom stereocenters. The highest BCUT2D eigenvalue weighted by atomic mass is 16.5. The molecule has 1 N–H and O–H groups in total. The summed E-state index contributed by atoms with van der Waals surface area (Å²) in [6.45, 7) is 3.62. The van der Waals surface area contributed by atoms with E-state index in [2.05, 4.69) is 18.9 Å². The first-order valence-corrected chi connectivity index (χ1v) is 4.85. The van der Waals surface area contributed by atoms with Crippen LogP contribution in [0.3, 0.4) is 0 Å². The van der Waals surface area contributed by atoms with E-state index in [0.717, 1.165) is 31.6 Å². The van der Waals surface area contributed by atoms with E-state index >= 15 is 0 Å². The summed E-state index contributed by atoms with van der Waals surface area (Å²) >= 11 is 0. The summed E-state index contributed by atoms with van der Waals surface area (Å²) < 4.78 is 5.16. The number of likely N-dealkylation sites (tertiary alicyclic amines) is 1. The number of likely N-dealkylation sites (N-methyl/N-ethyl adjacent to an activating group) is 1. The lowest BCUT2D eigenvalue weighted by molar-refractivity contribution is 0.0872. The smallest absolute Gasteiger partial charge is 0.103 e. The van der Waals surface area contributed by atoms with Crippen LogP contribution in [-0.4, -0.2) is 41.8 Å². The minimum Gasteiger partial charge on any atom is -0.501 e. The monoisotopic (exact) mass is 183 g/mol. The van der Waals surface area contributed by atoms with Gasteiger partial charge in [0, 0.05) is 24.6 Å². The number of nitrogens with zero attached hydrogens (tertiary/aromatic N) is 1. The van der Waals surface area contributed by atoms with Crippen LogP contribution >= 0.6 is 0 Å². The summed E-state index contributed by atoms with van der Waals surface area (Å²) in [7, 11) is 2.05. The quantitative estimate of drug-likeness (QED) is 0.651. The second kappa shape index (κ2) is 3.00. The fraction of sp³-hybridized carbons (Fsp3) is 0.800. The first-order valence-electron chi connectivity index (χ1n) is 4.85. The summed E-state index contributed by atoms with van der Waals surface area (Å²) in [6.07, 6.45) is 3.46. The van der Waals surface area contributed by atoms with Crippen molar-refractivity contribution < 1.29 is 9.84 Å². The van der Waals surface area contributed by atoms with Crippen molar-refractivity contribution in [3.05, 3.63) is 11.8 Å². The van der Waals surface area contributed by atoms with Gasteiger partial charge in [-0.1, -0.05) is 0 Å². The van der Waals surface area contributed by atoms with Crippen molar-refractivity contribution in [2.75, 3.05) is 20.2 Å². The maximum atomic E-state index is 10.3. The molecule has 0 bridgehead atoms. The maximum absolute atomic E-state index is 10.3. The second-order valence-corrected chi connectivity index (χ2v) is 4.26. The predicted molar refractivity (Wildman–Crippen MR) is 50.3 cm³/mol. The molecule has 2 rings (SSSR count). The third kappa shape index (κ3) is 1.46. The first-order chi connectivity index (χ1) is 6.12. The van der Waals surface area contributed by atoms with Gasteiger partial charge in [-0.15, -0.1) is 0 Å². The summed E-state index contributed by atoms with van der Waals surface area (Å²) in [6, 6.07) is 0.464. The summed E-state index contributed by atoms with van der Waals surface area (Å²) in [5.41, 5.74) is 0.453. The van der Waals surface area contributed by atoms with Crippen LogP contribution in [0, 0.1) is 0 Å². The van der Waals surface area contributed by atoms with Gasteiger partial charge in [-0.3, -0.25) is 0 Å². The molecule has 2 heterocycles. The predicted octanol–water partition coefficient (Wildman–Crippen LogP) is 0.746. The topological polar surface area (TPSA) is 32.7 Å². The molecule has 0 amide bonds. The van der Waals surface area contributed by atoms with Gasteiger partial charge >= 0.3 is 0 Å². The number of rotatable bonds is 1. The molecule has 0 aromatic rings. The number of hydrogen-bond donors (Lipinski definition) is 1. The maximum Gasteiger partial charge on any atom is 0.103 e. The normalized spacial score (nSPS) is 40.5. The largest absolute Gasteiger partial charge is 0.501 e. The van der Waals surface area contributed by atoms with Crippen LogP contribution in [0.1, 0.15) is 19.8 Å². The van der Waals surface area contributed by atoms with E-state index in [-0.39, 0.29) is 0 Å². The van der Waals surface area contributed by atoms with E-state index in [1.807, 2.05) is 0 Å². The Morgan fingerprint density at radius 3 is 2.92 bits per heavy atom. The van der Waals surface area contributed by atoms with Crippen molar-refractivity contribution in [1.29, 1.82) is 0 Å². The van der Waals surface area contributed by atoms with Gasteiger partial charge in [0.25, 0.3) is 0 Å². The van der Waals surface area contributed by atoms with Crippen LogP contribution in [0.5, 0.6) is 0 Å². The summed E-state index contributed by atoms with van der Waals surface area (Å²) in [5.74, 6) is 0. The molecule has 0 saturated carbocycles. The van der Waals surface area contributed by atoms with Crippen LogP contribution in [0.2, 0.25) is 0 Å². The lowest BCUT2D eigenvalue weighted by atomic mass is 9.91. The summed E-state index contributed by atoms with van der Waals surface area (Å²) in [5, 5.41) is 10.3. The van der Waals surface area contributed by atoms with Crippen molar-refractivity contribution >= 4 is 0 Å². The molecule has 2 aliphatic heterocycles. The van der Waals surface area contributed by atoms with Crippen LogP contribution in [-0.2, 0) is 4.74 Å². The Morgan fingerprint density at radius 2 is 2.46 bits per heavy atom. The van der Waals surface area contributed by atoms with Crippen LogP contribution in [0.4, 0.5) is 0 Å². The molecule has 13 heavy (non-hydrogen) atoms. The minimum absolute atomic E-state index is 0.464. The Hall–Kier alpha value is -0.540. The van der Waals surface area contributed by atoms with Crippen LogP contribution in [0.25, 0.3) is 0 Å². The van der Waals surface area contributed by atoms with Gasteiger partial charge in [0.2, 0.25) is 0 Å². The van der Waals surface area contributed by atoms with E-state index in [0.29, 0.717) is 6.04 Å². The molecular formula is C10H17NO2. The highest BCUT2D eigenvalue weighted by Gasteiger charge is 2.42. The van der Waals surface area contributed by atoms with E-state index in [4.69, 9.17) is 4.74 Å². The van der Waals surface area contributed by atoms with Crippen molar-refractivity contribution in [3.8, 4) is 0 Å². The number of hydrogen-bond acceptors (Lipinski definition) is 3. The van der Waals surface area contributed by atoms with E-state index < -0.39 is 5.60 Å². The van der Waals surface area contributed by atoms with Crippen LogP contribution in [0.15, 0.2) is 11.8 Å². The lowest BCUT2D eigenvalue weighted by Gasteiger charge is -2.22. The number of aliphatic hydroxyl groups is 1. The van der Waals surface area contributed by atoms with Crippen molar-refractivity contribution in [2.45, 2.75) is 31.4 Å². The average Bonchev–Trinajstić information content (AvgIpc) is 2.61. The van der Waals surface area contributed by atoms with Crippen molar-refractivity contribution in [1.82, 2.24) is 4.90 Å². The Bertz CT molecular complexity index is 227. The van der Waals surface area contributed by atoms with Gasteiger partial charge < -0.3 is 14.7 Å². The minimum atomic E-state index is -0.620. The Labute approximate surface area is 79.0 Å². The summed E-state index contributed by atoms with van der Waals surface area (Å²) in [4.78, 5) is 2.19. The zero-order valence-electron chi connectivity index (χ0n) is 8.29. The molecule has 1 saturated heterocycles. The van der Waals surface area contributed by atoms with E-state index in [1.165, 1.54) is 0 Å². The molecule has 0 spiro atoms. The van der Waals surface area contributed by atoms with Crippen molar-refractivity contribution in [2.24, 2.45) is 0 Å². The molecule has 1 fully saturated rings. The highest BCUT2D eigenvalue weighted by Crippen LogP contribution is 2.35. The molecule has 3 nitrogen and oxygen atoms in total. The van der Waals surface area contributed by atoms with Gasteiger partial charge in [-0.25, -0.2) is 0 Å². The number of ether oxygens (including phenoxy) is 1. The molecule has 0 aliphatic carbocycles. The molecule has 3 heteroatoms. The highest BCUT2D eigenvalue weighted by molar-refractivity contribution is 5.21. The fourth-order valence-electron chi connectivity index (χ4n) is 2.24. The third-order valence-corrected chi connectivity index (χ3v) is 3.21. The van der Waals surface area contributed by atoms with Gasteiger partial charge in [-0.2, -0.15) is 0 Å². The zero-order chi connectivity index (χ0) is 9.47. The van der Waals surface area contributed by atoms with Gasteiger partial charge in [0.1, 0.15) is 5.60 Å². The lowest BCUT2D eigenvalue weighted by Crippen LogP contribution is -2.33. The van der Waals surface area contributed by atoms with E-state index in [1.54, 1.807) is 6.26 Å². The Morgan fingerprint density at radius 1 is 1.69 bits per heavy atom. The Kier molecular flexibility index (Phi) is 2.08. The standard InChI is InChI=1S/C10H17NO2/c1-8-5-10(12,7-11(8)2)9-3-4-13-6-9/h6,8,12H,3-5,7H2,1-2H3. The third-order valence-electron chi connectivity index (χ3n) is 3.21. The second-order valence-electron chi connectivity index (χ2n) is 4.26. The van der Waals surface area contributed by atoms with E-state index in [9.17, 15) is 5.11 Å². The molecule has 0 aromatic heterocycles. The molecule has 2 aliphatic rings. The van der Waals surface area contributed by atoms with Gasteiger partial charge in [0.15, 0.2) is 0 Å². The fourth-order valence-corrected chi connectivity index (χ4v) is 2.24. The molecule has 74 valence electrons. The molecule has 0 aromatic carbocycles. The zero-order valence-corrected chi connectivity index (χ0v) is 8.29. The van der Waals surface area contributed by atoms with Crippen molar-refractivity contribution in [3.63, 3.8) is 0 Å². The molecule has 2 unspecified atom stereocenters.